The summed E-state index contributed by atoms with van der Waals surface area (Å²) >= 11 is 0. The molecule has 7 heteroatoms. The number of nitrogens with zero attached hydrogens (tertiary/aromatic N) is 1. The van der Waals surface area contributed by atoms with Crippen molar-refractivity contribution in [1.82, 2.24) is 4.90 Å². The monoisotopic (exact) mass is 511 g/mol. The molecule has 1 aliphatic heterocycles. The van der Waals surface area contributed by atoms with E-state index in [-0.39, 0.29) is 35.6 Å². The van der Waals surface area contributed by atoms with E-state index >= 15 is 0 Å². The molecule has 1 fully saturated rings. The van der Waals surface area contributed by atoms with Gasteiger partial charge in [0.15, 0.2) is 0 Å². The summed E-state index contributed by atoms with van der Waals surface area (Å²) in [6.07, 6.45) is 9.75. The average molecular weight is 512 g/mol. The van der Waals surface area contributed by atoms with Crippen molar-refractivity contribution in [3.05, 3.63) is 0 Å². The minimum Gasteiger partial charge on any atom is -0.481 e. The van der Waals surface area contributed by atoms with E-state index in [1.807, 2.05) is 0 Å². The van der Waals surface area contributed by atoms with Crippen molar-refractivity contribution >= 4 is 17.9 Å². The molecular formula is C29H53NO6. The lowest BCUT2D eigenvalue weighted by Crippen LogP contribution is -2.46. The highest BCUT2D eigenvalue weighted by Crippen LogP contribution is 2.44. The first-order valence-corrected chi connectivity index (χ1v) is 14.0. The summed E-state index contributed by atoms with van der Waals surface area (Å²) in [5.41, 5.74) is -0.391. The fourth-order valence-electron chi connectivity index (χ4n) is 5.99. The Labute approximate surface area is 219 Å². The summed E-state index contributed by atoms with van der Waals surface area (Å²) < 4.78 is 0. The van der Waals surface area contributed by atoms with E-state index < -0.39 is 17.9 Å². The van der Waals surface area contributed by atoms with Crippen LogP contribution in [0.15, 0.2) is 0 Å². The van der Waals surface area contributed by atoms with Crippen LogP contribution in [0.4, 0.5) is 0 Å². The maximum atomic E-state index is 11.4. The average Bonchev–Trinajstić information content (AvgIpc) is 2.75. The first-order valence-electron chi connectivity index (χ1n) is 14.0. The molecule has 0 saturated carbocycles. The van der Waals surface area contributed by atoms with E-state index in [1.54, 1.807) is 0 Å². The van der Waals surface area contributed by atoms with Crippen molar-refractivity contribution in [1.29, 1.82) is 0 Å². The first-order chi connectivity index (χ1) is 16.6. The van der Waals surface area contributed by atoms with Crippen molar-refractivity contribution in [2.45, 2.75) is 131 Å². The van der Waals surface area contributed by atoms with Gasteiger partial charge < -0.3 is 15.3 Å². The van der Waals surface area contributed by atoms with Crippen molar-refractivity contribution in [2.24, 2.45) is 22.7 Å². The zero-order chi connectivity index (χ0) is 27.6. The van der Waals surface area contributed by atoms with E-state index in [0.29, 0.717) is 31.1 Å². The molecule has 0 bridgehead atoms. The first kappa shape index (κ1) is 32.4. The normalized spacial score (nSPS) is 21.8. The minimum atomic E-state index is -0.764. The maximum Gasteiger partial charge on any atom is 0.303 e. The summed E-state index contributed by atoms with van der Waals surface area (Å²) in [4.78, 5) is 36.3. The predicted molar refractivity (Wildman–Crippen MR) is 143 cm³/mol. The number of carboxylic acids is 3. The van der Waals surface area contributed by atoms with Gasteiger partial charge in [0.1, 0.15) is 0 Å². The van der Waals surface area contributed by atoms with Crippen LogP contribution in [0.3, 0.4) is 0 Å². The van der Waals surface area contributed by atoms with Gasteiger partial charge in [-0.2, -0.15) is 0 Å². The fourth-order valence-corrected chi connectivity index (χ4v) is 5.99. The lowest BCUT2D eigenvalue weighted by atomic mass is 9.66. The largest absolute Gasteiger partial charge is 0.481 e. The molecule has 0 aromatic rings. The molecule has 1 aliphatic rings. The van der Waals surface area contributed by atoms with Crippen molar-refractivity contribution in [3.8, 4) is 0 Å². The molecule has 36 heavy (non-hydrogen) atoms. The topological polar surface area (TPSA) is 115 Å². The van der Waals surface area contributed by atoms with Gasteiger partial charge in [-0.05, 0) is 101 Å². The Bertz CT molecular complexity index is 671. The Morgan fingerprint density at radius 1 is 0.611 bits per heavy atom. The molecule has 0 aromatic carbocycles. The quantitative estimate of drug-likeness (QED) is 0.267. The van der Waals surface area contributed by atoms with Crippen LogP contribution in [0, 0.1) is 22.7 Å². The summed E-state index contributed by atoms with van der Waals surface area (Å²) in [7, 11) is 0. The van der Waals surface area contributed by atoms with E-state index in [1.165, 1.54) is 0 Å². The van der Waals surface area contributed by atoms with Crippen LogP contribution in [0.5, 0.6) is 0 Å². The van der Waals surface area contributed by atoms with Crippen molar-refractivity contribution in [3.63, 3.8) is 0 Å². The van der Waals surface area contributed by atoms with Gasteiger partial charge in [-0.25, -0.2) is 0 Å². The third kappa shape index (κ3) is 11.6. The van der Waals surface area contributed by atoms with Crippen LogP contribution in [0.1, 0.15) is 125 Å². The van der Waals surface area contributed by atoms with Gasteiger partial charge in [-0.1, -0.05) is 40.5 Å². The Kier molecular flexibility index (Phi) is 12.9. The third-order valence-electron chi connectivity index (χ3n) is 9.08. The molecule has 0 amide bonds. The lowest BCUT2D eigenvalue weighted by Gasteiger charge is -2.43. The number of carboxylic acid groups (broad SMARTS) is 3. The van der Waals surface area contributed by atoms with Gasteiger partial charge in [0.2, 0.25) is 0 Å². The maximum absolute atomic E-state index is 11.4. The van der Waals surface area contributed by atoms with Crippen LogP contribution < -0.4 is 0 Å². The molecule has 1 heterocycles. The molecule has 0 spiro atoms. The highest BCUT2D eigenvalue weighted by molar-refractivity contribution is 5.67. The Balaban J connectivity index is 3.13. The zero-order valence-corrected chi connectivity index (χ0v) is 23.8. The van der Waals surface area contributed by atoms with Crippen LogP contribution in [-0.2, 0) is 14.4 Å². The molecular weight excluding hydrogens is 458 g/mol. The molecule has 1 rings (SSSR count). The van der Waals surface area contributed by atoms with Crippen LogP contribution in [0.25, 0.3) is 0 Å². The second-order valence-electron chi connectivity index (χ2n) is 13.1. The zero-order valence-electron chi connectivity index (χ0n) is 23.8. The predicted octanol–water partition coefficient (Wildman–Crippen LogP) is 6.69. The van der Waals surface area contributed by atoms with E-state index in [9.17, 15) is 29.7 Å². The highest BCUT2D eigenvalue weighted by Gasteiger charge is 2.36. The van der Waals surface area contributed by atoms with Gasteiger partial charge in [0, 0.05) is 24.8 Å². The summed E-state index contributed by atoms with van der Waals surface area (Å²) in [5.74, 6) is -1.49. The molecule has 3 N–H and O–H groups in total. The molecule has 7 nitrogen and oxygen atoms in total. The Hall–Kier alpha value is -1.63. The van der Waals surface area contributed by atoms with Gasteiger partial charge in [0.25, 0.3) is 0 Å². The fraction of sp³-hybridized carbons (Fsp3) is 0.897. The lowest BCUT2D eigenvalue weighted by molar-refractivity contribution is -0.139. The third-order valence-corrected chi connectivity index (χ3v) is 9.08. The SMILES string of the molecule is CC(C)(CCC(=O)O)C1CCCCCN(C(C)(C)CCC(=O)O)CCC(C(C)(C)CCC(=O)O)CC1. The summed E-state index contributed by atoms with van der Waals surface area (Å²) in [6.45, 7) is 14.9. The molecule has 2 unspecified atom stereocenters. The molecule has 0 aromatic heterocycles. The summed E-state index contributed by atoms with van der Waals surface area (Å²) in [6, 6.07) is 0. The molecule has 0 radical (unpaired) electrons. The number of aliphatic carboxylic acids is 3. The Morgan fingerprint density at radius 3 is 1.53 bits per heavy atom. The van der Waals surface area contributed by atoms with Crippen molar-refractivity contribution < 1.29 is 29.7 Å². The van der Waals surface area contributed by atoms with Gasteiger partial charge in [0.05, 0.1) is 0 Å². The second kappa shape index (κ2) is 14.3. The highest BCUT2D eigenvalue weighted by atomic mass is 16.4. The Morgan fingerprint density at radius 2 is 1.06 bits per heavy atom. The standard InChI is InChI=1S/C29H53NO6/c1-27(2,17-13-24(31)32)22-10-8-7-9-20-30(29(5,6)19-15-26(35)36)21-16-23(12-11-22)28(3,4)18-14-25(33)34/h22-23H,7-21H2,1-6H3,(H,31,32)(H,33,34)(H,35,36). The number of hydrogen-bond acceptors (Lipinski definition) is 4. The number of carbonyl (C=O) groups is 3. The minimum absolute atomic E-state index is 0.0525. The molecule has 0 aliphatic carbocycles. The van der Waals surface area contributed by atoms with E-state index in [2.05, 4.69) is 46.4 Å². The van der Waals surface area contributed by atoms with Crippen molar-refractivity contribution in [2.75, 3.05) is 13.1 Å². The van der Waals surface area contributed by atoms with Crippen LogP contribution >= 0.6 is 0 Å². The number of hydrogen-bond donors (Lipinski definition) is 3. The van der Waals surface area contributed by atoms with E-state index in [0.717, 1.165) is 58.0 Å². The molecule has 2 atom stereocenters. The van der Waals surface area contributed by atoms with Gasteiger partial charge in [-0.15, -0.1) is 0 Å². The van der Waals surface area contributed by atoms with Gasteiger partial charge in [-0.3, -0.25) is 19.3 Å². The molecule has 1 saturated heterocycles. The molecule has 210 valence electrons. The second-order valence-corrected chi connectivity index (χ2v) is 13.1. The smallest absolute Gasteiger partial charge is 0.303 e. The van der Waals surface area contributed by atoms with Crippen LogP contribution in [-0.4, -0.2) is 56.8 Å². The van der Waals surface area contributed by atoms with Gasteiger partial charge >= 0.3 is 17.9 Å². The van der Waals surface area contributed by atoms with Crippen LogP contribution in [0.2, 0.25) is 0 Å². The summed E-state index contributed by atoms with van der Waals surface area (Å²) in [5, 5.41) is 27.8. The number of rotatable bonds is 12. The van der Waals surface area contributed by atoms with E-state index in [4.69, 9.17) is 0 Å².